The third kappa shape index (κ3) is 7.81. The zero-order valence-electron chi connectivity index (χ0n) is 31.6. The van der Waals surface area contributed by atoms with Crippen molar-refractivity contribution in [2.24, 2.45) is 0 Å². The molecule has 0 N–H and O–H groups in total. The van der Waals surface area contributed by atoms with Gasteiger partial charge < -0.3 is 30.3 Å². The second-order valence-electron chi connectivity index (χ2n) is 13.5. The van der Waals surface area contributed by atoms with Crippen LogP contribution in [0.5, 0.6) is 0 Å². The van der Waals surface area contributed by atoms with E-state index in [1.54, 1.807) is 0 Å². The molecule has 0 fully saturated rings. The summed E-state index contributed by atoms with van der Waals surface area (Å²) in [7, 11) is -1.55. The molecule has 0 aliphatic rings. The number of hydrogen-bond acceptors (Lipinski definition) is 0. The first-order chi connectivity index (χ1) is 22.8. The molecule has 3 heteroatoms. The van der Waals surface area contributed by atoms with Gasteiger partial charge in [0.2, 0.25) is 0 Å². The molecule has 0 heterocycles. The molecule has 0 unspecified atom stereocenters. The normalized spacial score (nSPS) is 11.1. The van der Waals surface area contributed by atoms with Crippen LogP contribution in [0.3, 0.4) is 0 Å². The number of aryl methyl sites for hydroxylation is 4. The summed E-state index contributed by atoms with van der Waals surface area (Å²) in [5.41, 5.74) is 16.9. The molecule has 0 atom stereocenters. The molecule has 0 saturated carbocycles. The first kappa shape index (κ1) is 39.1. The minimum absolute atomic E-state index is 0. The Hall–Kier alpha value is -2.69. The van der Waals surface area contributed by atoms with Crippen molar-refractivity contribution in [1.82, 2.24) is 0 Å². The van der Waals surface area contributed by atoms with Crippen molar-refractivity contribution < 1.29 is 25.8 Å². The molecular weight excluding hydrogens is 793 g/mol. The van der Waals surface area contributed by atoms with Gasteiger partial charge in [-0.3, -0.25) is 0 Å². The summed E-state index contributed by atoms with van der Waals surface area (Å²) in [5, 5.41) is 8.96. The van der Waals surface area contributed by atoms with E-state index in [1.807, 2.05) is 30.3 Å². The van der Waals surface area contributed by atoms with Crippen LogP contribution in [0.25, 0.3) is 0 Å². The van der Waals surface area contributed by atoms with Gasteiger partial charge in [0.15, 0.2) is 0 Å². The van der Waals surface area contributed by atoms with E-state index >= 15 is 0 Å². The Bertz CT molecular complexity index is 1790. The maximum Gasteiger partial charge on any atom is 0 e. The van der Waals surface area contributed by atoms with E-state index in [1.165, 1.54) is 98.6 Å². The smallest absolute Gasteiger partial charge is 0 e. The van der Waals surface area contributed by atoms with Crippen molar-refractivity contribution in [1.29, 1.82) is 0 Å². The van der Waals surface area contributed by atoms with Gasteiger partial charge in [-0.15, -0.1) is 10.6 Å². The molecule has 0 saturated heterocycles. The molecule has 0 bridgehead atoms. The van der Waals surface area contributed by atoms with Gasteiger partial charge in [-0.25, -0.2) is 12.1 Å². The first-order valence-corrected chi connectivity index (χ1v) is 19.8. The van der Waals surface area contributed by atoms with Crippen molar-refractivity contribution >= 4 is 47.7 Å². The van der Waals surface area contributed by atoms with Crippen LogP contribution in [0.4, 0.5) is 0 Å². The molecular formula is C46H52HfP2-6. The van der Waals surface area contributed by atoms with Crippen molar-refractivity contribution in [2.45, 2.75) is 83.1 Å². The predicted molar refractivity (Wildman–Crippen MR) is 218 cm³/mol. The van der Waals surface area contributed by atoms with E-state index in [0.29, 0.717) is 0 Å². The van der Waals surface area contributed by atoms with Crippen molar-refractivity contribution in [3.05, 3.63) is 164 Å². The Kier molecular flexibility index (Phi) is 13.2. The minimum Gasteiger partial charge on any atom is -0.748 e. The molecule has 0 spiro atoms. The fraction of sp³-hybridized carbons (Fsp3) is 0.261. The van der Waals surface area contributed by atoms with Gasteiger partial charge in [0.1, 0.15) is 0 Å². The summed E-state index contributed by atoms with van der Waals surface area (Å²) in [6.45, 7) is 27.5. The summed E-state index contributed by atoms with van der Waals surface area (Å²) in [6, 6.07) is 36.3. The number of benzene rings is 4. The summed E-state index contributed by atoms with van der Waals surface area (Å²) in [5.74, 6) is 0. The third-order valence-corrected chi connectivity index (χ3v) is 16.7. The minimum atomic E-state index is -0.773. The second-order valence-corrected chi connectivity index (χ2v) is 17.8. The monoisotopic (exact) mass is 846 g/mol. The topological polar surface area (TPSA) is 0 Å². The molecule has 0 amide bonds. The maximum absolute atomic E-state index is 2.45. The molecule has 256 valence electrons. The van der Waals surface area contributed by atoms with Gasteiger partial charge >= 0.3 is 0 Å². The third-order valence-electron chi connectivity index (χ3n) is 10.9. The number of rotatable bonds is 6. The fourth-order valence-electron chi connectivity index (χ4n) is 6.61. The summed E-state index contributed by atoms with van der Waals surface area (Å²) in [6.07, 6.45) is 0. The zero-order chi connectivity index (χ0) is 34.9. The van der Waals surface area contributed by atoms with Gasteiger partial charge in [-0.1, -0.05) is 56.5 Å². The Morgan fingerprint density at radius 3 is 1.04 bits per heavy atom. The predicted octanol–water partition coefficient (Wildman–Crippen LogP) is 10.0. The van der Waals surface area contributed by atoms with Crippen molar-refractivity contribution in [3.63, 3.8) is 0 Å². The van der Waals surface area contributed by atoms with Gasteiger partial charge in [0, 0.05) is 25.8 Å². The SMILES string of the molecule is Cc1ccc(P(c2ccc(C)c(C)c2C)c2ccc[c-]2P(c2ccc(C)c(C)c2C)c2ccc(C)c(C)c2C)c(C)c1C.[Hf].[cH-]1[cH-][cH-][cH-][cH-]1. The van der Waals surface area contributed by atoms with Crippen LogP contribution < -0.4 is 31.8 Å². The maximum atomic E-state index is 2.45. The fourth-order valence-corrected chi connectivity index (χ4v) is 12.8. The summed E-state index contributed by atoms with van der Waals surface area (Å²) >= 11 is 0. The van der Waals surface area contributed by atoms with Gasteiger partial charge in [0.25, 0.3) is 0 Å². The van der Waals surface area contributed by atoms with Gasteiger partial charge in [-0.2, -0.15) is 6.07 Å². The number of hydrogen-bond donors (Lipinski definition) is 0. The van der Waals surface area contributed by atoms with E-state index < -0.39 is 15.8 Å². The first-order valence-electron chi connectivity index (χ1n) is 17.1. The molecule has 0 aliphatic carbocycles. The van der Waals surface area contributed by atoms with Crippen molar-refractivity contribution in [3.8, 4) is 0 Å². The summed E-state index contributed by atoms with van der Waals surface area (Å²) < 4.78 is 0. The van der Waals surface area contributed by atoms with E-state index in [4.69, 9.17) is 0 Å². The van der Waals surface area contributed by atoms with E-state index in [-0.39, 0.29) is 25.8 Å². The van der Waals surface area contributed by atoms with Crippen LogP contribution in [0, 0.1) is 83.1 Å². The van der Waals surface area contributed by atoms with E-state index in [0.717, 1.165) is 0 Å². The zero-order valence-corrected chi connectivity index (χ0v) is 37.0. The van der Waals surface area contributed by atoms with Crippen LogP contribution in [0.2, 0.25) is 0 Å². The Morgan fingerprint density at radius 2 is 0.694 bits per heavy atom. The quantitative estimate of drug-likeness (QED) is 0.0891. The van der Waals surface area contributed by atoms with E-state index in [9.17, 15) is 0 Å². The molecule has 0 nitrogen and oxygen atoms in total. The average molecular weight is 845 g/mol. The van der Waals surface area contributed by atoms with Crippen LogP contribution >= 0.6 is 15.8 Å². The van der Waals surface area contributed by atoms with Crippen LogP contribution in [0.1, 0.15) is 66.8 Å². The average Bonchev–Trinajstić information content (AvgIpc) is 3.81. The molecule has 0 aliphatic heterocycles. The van der Waals surface area contributed by atoms with Gasteiger partial charge in [0.05, 0.1) is 0 Å². The van der Waals surface area contributed by atoms with Crippen LogP contribution in [-0.4, -0.2) is 0 Å². The molecule has 0 radical (unpaired) electrons. The largest absolute Gasteiger partial charge is 0.748 e. The Labute approximate surface area is 318 Å². The van der Waals surface area contributed by atoms with Crippen molar-refractivity contribution in [2.75, 3.05) is 0 Å². The van der Waals surface area contributed by atoms with Gasteiger partial charge in [-0.05, 0) is 179 Å². The molecule has 6 rings (SSSR count). The summed E-state index contributed by atoms with van der Waals surface area (Å²) in [4.78, 5) is 0. The second kappa shape index (κ2) is 16.6. The molecule has 49 heavy (non-hydrogen) atoms. The van der Waals surface area contributed by atoms with E-state index in [2.05, 4.69) is 150 Å². The molecule has 6 aromatic carbocycles. The molecule has 0 aromatic heterocycles. The standard InChI is InChI=1S/C41H47P2.C5H5.Hf/c1-24-16-20-36(32(9)28(24)5)42(37-21-17-25(2)29(6)33(37)10)40-14-13-15-41(40)43(38-22-18-26(3)30(7)34(38)11)39-23-19-27(4)31(8)35(39)12;1-2-4-5-3-1;/h13-23H,1-12H3;1-5H;/q-1;-5;. The molecule has 6 aromatic rings. The Balaban J connectivity index is 0.000000826. The van der Waals surface area contributed by atoms with Crippen LogP contribution in [-0.2, 0) is 25.8 Å². The van der Waals surface area contributed by atoms with Crippen LogP contribution in [0.15, 0.2) is 97.1 Å². The Morgan fingerprint density at radius 1 is 0.388 bits per heavy atom.